The molecule has 0 bridgehead atoms. The van der Waals surface area contributed by atoms with Crippen molar-refractivity contribution in [2.24, 2.45) is 0 Å². The minimum Gasteiger partial charge on any atom is -0.481 e. The number of hydrogen-bond donors (Lipinski definition) is 2. The third kappa shape index (κ3) is 4.12. The van der Waals surface area contributed by atoms with Crippen molar-refractivity contribution >= 4 is 11.9 Å². The maximum atomic E-state index is 13.3. The van der Waals surface area contributed by atoms with Gasteiger partial charge in [-0.2, -0.15) is 0 Å². The third-order valence-electron chi connectivity index (χ3n) is 2.43. The van der Waals surface area contributed by atoms with Crippen molar-refractivity contribution < 1.29 is 19.1 Å². The van der Waals surface area contributed by atoms with Gasteiger partial charge < -0.3 is 10.4 Å². The molecule has 98 valence electrons. The number of amides is 1. The Morgan fingerprint density at radius 1 is 1.50 bits per heavy atom. The van der Waals surface area contributed by atoms with Crippen molar-refractivity contribution in [3.8, 4) is 0 Å². The molecule has 1 heterocycles. The zero-order chi connectivity index (χ0) is 13.8. The molecule has 0 aliphatic rings. The number of carboxylic acid groups (broad SMARTS) is 1. The number of nitrogens with one attached hydrogen (secondary N) is 1. The first-order valence-corrected chi connectivity index (χ1v) is 5.46. The number of carbonyl (C=O) groups is 2. The van der Waals surface area contributed by atoms with Gasteiger partial charge in [0.05, 0.1) is 11.8 Å². The van der Waals surface area contributed by atoms with Gasteiger partial charge in [-0.05, 0) is 26.3 Å². The minimum atomic E-state index is -0.938. The third-order valence-corrected chi connectivity index (χ3v) is 2.43. The van der Waals surface area contributed by atoms with Crippen LogP contribution in [0.15, 0.2) is 18.5 Å². The zero-order valence-electron chi connectivity index (χ0n) is 10.2. The zero-order valence-corrected chi connectivity index (χ0v) is 10.2. The Balaban J connectivity index is 2.69. The molecule has 0 fully saturated rings. The van der Waals surface area contributed by atoms with Crippen molar-refractivity contribution in [1.82, 2.24) is 10.3 Å². The summed E-state index contributed by atoms with van der Waals surface area (Å²) in [6.07, 6.45) is 2.48. The maximum absolute atomic E-state index is 13.3. The highest BCUT2D eigenvalue weighted by atomic mass is 19.1. The van der Waals surface area contributed by atoms with Gasteiger partial charge in [0, 0.05) is 18.2 Å². The summed E-state index contributed by atoms with van der Waals surface area (Å²) in [6, 6.07) is 1.28. The molecule has 0 aliphatic carbocycles. The van der Waals surface area contributed by atoms with Gasteiger partial charge in [0.15, 0.2) is 5.82 Å². The average Bonchev–Trinajstić information content (AvgIpc) is 2.26. The molecule has 0 spiro atoms. The van der Waals surface area contributed by atoms with E-state index in [0.717, 1.165) is 6.20 Å². The summed E-state index contributed by atoms with van der Waals surface area (Å²) in [5.74, 6) is -2.22. The fraction of sp³-hybridized carbons (Fsp3) is 0.417. The predicted molar refractivity (Wildman–Crippen MR) is 62.6 cm³/mol. The molecular formula is C12H15FN2O3. The standard InChI is InChI=1S/C12H15FN2O3/c1-12(2,5-3-10(16)17)15-11(18)8-4-6-14-7-9(8)13/h4,6-7H,3,5H2,1-2H3,(H,15,18)(H,16,17). The molecule has 0 aliphatic heterocycles. The Morgan fingerprint density at radius 3 is 2.72 bits per heavy atom. The number of carboxylic acids is 1. The monoisotopic (exact) mass is 254 g/mol. The number of aliphatic carboxylic acids is 1. The summed E-state index contributed by atoms with van der Waals surface area (Å²) >= 11 is 0. The second-order valence-corrected chi connectivity index (χ2v) is 4.59. The Labute approximate surface area is 104 Å². The van der Waals surface area contributed by atoms with E-state index in [9.17, 15) is 14.0 Å². The first kappa shape index (κ1) is 14.1. The quantitative estimate of drug-likeness (QED) is 0.836. The van der Waals surface area contributed by atoms with E-state index >= 15 is 0 Å². The van der Waals surface area contributed by atoms with E-state index in [1.807, 2.05) is 0 Å². The molecule has 6 heteroatoms. The van der Waals surface area contributed by atoms with Gasteiger partial charge in [-0.3, -0.25) is 14.6 Å². The van der Waals surface area contributed by atoms with E-state index in [2.05, 4.69) is 10.3 Å². The Kier molecular flexibility index (Phi) is 4.36. The van der Waals surface area contributed by atoms with Gasteiger partial charge in [-0.15, -0.1) is 0 Å². The van der Waals surface area contributed by atoms with Crippen LogP contribution in [-0.2, 0) is 4.79 Å². The second kappa shape index (κ2) is 5.57. The fourth-order valence-electron chi connectivity index (χ4n) is 1.42. The number of hydrogen-bond acceptors (Lipinski definition) is 3. The van der Waals surface area contributed by atoms with E-state index in [1.54, 1.807) is 13.8 Å². The van der Waals surface area contributed by atoms with Gasteiger partial charge in [0.1, 0.15) is 0 Å². The molecule has 1 aromatic heterocycles. The minimum absolute atomic E-state index is 0.0634. The molecule has 1 aromatic rings. The first-order valence-electron chi connectivity index (χ1n) is 5.46. The topological polar surface area (TPSA) is 79.3 Å². The maximum Gasteiger partial charge on any atom is 0.303 e. The Morgan fingerprint density at radius 2 is 2.17 bits per heavy atom. The lowest BCUT2D eigenvalue weighted by Crippen LogP contribution is -2.44. The van der Waals surface area contributed by atoms with Crippen molar-refractivity contribution in [1.29, 1.82) is 0 Å². The molecule has 0 saturated heterocycles. The molecular weight excluding hydrogens is 239 g/mol. The molecule has 5 nitrogen and oxygen atoms in total. The number of nitrogens with zero attached hydrogens (tertiary/aromatic N) is 1. The number of halogens is 1. The number of rotatable bonds is 5. The van der Waals surface area contributed by atoms with Crippen LogP contribution >= 0.6 is 0 Å². The summed E-state index contributed by atoms with van der Waals surface area (Å²) in [5.41, 5.74) is -0.820. The average molecular weight is 254 g/mol. The van der Waals surface area contributed by atoms with Gasteiger partial charge in [0.2, 0.25) is 0 Å². The van der Waals surface area contributed by atoms with E-state index in [-0.39, 0.29) is 18.4 Å². The normalized spacial score (nSPS) is 11.1. The van der Waals surface area contributed by atoms with E-state index in [4.69, 9.17) is 5.11 Å². The van der Waals surface area contributed by atoms with Gasteiger partial charge in [-0.1, -0.05) is 0 Å². The lowest BCUT2D eigenvalue weighted by atomic mass is 9.98. The van der Waals surface area contributed by atoms with Crippen LogP contribution in [0, 0.1) is 5.82 Å². The van der Waals surface area contributed by atoms with Crippen molar-refractivity contribution in [3.05, 3.63) is 29.8 Å². The van der Waals surface area contributed by atoms with Crippen LogP contribution in [0.5, 0.6) is 0 Å². The fourth-order valence-corrected chi connectivity index (χ4v) is 1.42. The van der Waals surface area contributed by atoms with E-state index in [1.165, 1.54) is 12.3 Å². The summed E-state index contributed by atoms with van der Waals surface area (Å²) in [4.78, 5) is 25.8. The SMILES string of the molecule is CC(C)(CCC(=O)O)NC(=O)c1ccncc1F. The van der Waals surface area contributed by atoms with E-state index < -0.39 is 23.2 Å². The van der Waals surface area contributed by atoms with Crippen LogP contribution in [0.1, 0.15) is 37.0 Å². The highest BCUT2D eigenvalue weighted by Crippen LogP contribution is 2.13. The molecule has 1 rings (SSSR count). The van der Waals surface area contributed by atoms with Crippen molar-refractivity contribution in [3.63, 3.8) is 0 Å². The lowest BCUT2D eigenvalue weighted by Gasteiger charge is -2.25. The first-order chi connectivity index (χ1) is 8.32. The van der Waals surface area contributed by atoms with Crippen LogP contribution in [0.3, 0.4) is 0 Å². The molecule has 0 radical (unpaired) electrons. The summed E-state index contributed by atoms with van der Waals surface area (Å²) in [7, 11) is 0. The molecule has 0 aromatic carbocycles. The van der Waals surface area contributed by atoms with Crippen LogP contribution < -0.4 is 5.32 Å². The Hall–Kier alpha value is -1.98. The van der Waals surface area contributed by atoms with Crippen LogP contribution in [0.25, 0.3) is 0 Å². The van der Waals surface area contributed by atoms with Gasteiger partial charge in [0.25, 0.3) is 5.91 Å². The summed E-state index contributed by atoms with van der Waals surface area (Å²) in [5, 5.41) is 11.2. The Bertz CT molecular complexity index is 460. The second-order valence-electron chi connectivity index (χ2n) is 4.59. The van der Waals surface area contributed by atoms with Crippen molar-refractivity contribution in [2.45, 2.75) is 32.2 Å². The van der Waals surface area contributed by atoms with Crippen LogP contribution in [0.2, 0.25) is 0 Å². The molecule has 0 atom stereocenters. The number of pyridine rings is 1. The van der Waals surface area contributed by atoms with Gasteiger partial charge in [-0.25, -0.2) is 4.39 Å². The highest BCUT2D eigenvalue weighted by Gasteiger charge is 2.23. The smallest absolute Gasteiger partial charge is 0.303 e. The molecule has 0 saturated carbocycles. The molecule has 2 N–H and O–H groups in total. The van der Waals surface area contributed by atoms with E-state index in [0.29, 0.717) is 0 Å². The molecule has 18 heavy (non-hydrogen) atoms. The predicted octanol–water partition coefficient (Wildman–Crippen LogP) is 1.59. The van der Waals surface area contributed by atoms with Crippen LogP contribution in [-0.4, -0.2) is 27.5 Å². The number of aromatic nitrogens is 1. The van der Waals surface area contributed by atoms with Crippen LogP contribution in [0.4, 0.5) is 4.39 Å². The van der Waals surface area contributed by atoms with Gasteiger partial charge >= 0.3 is 5.97 Å². The summed E-state index contributed by atoms with van der Waals surface area (Å²) in [6.45, 7) is 3.37. The summed E-state index contributed by atoms with van der Waals surface area (Å²) < 4.78 is 13.3. The highest BCUT2D eigenvalue weighted by molar-refractivity contribution is 5.94. The van der Waals surface area contributed by atoms with Crippen molar-refractivity contribution in [2.75, 3.05) is 0 Å². The molecule has 0 unspecified atom stereocenters. The largest absolute Gasteiger partial charge is 0.481 e. The lowest BCUT2D eigenvalue weighted by molar-refractivity contribution is -0.137. The molecule has 1 amide bonds. The number of carbonyl (C=O) groups excluding carboxylic acids is 1.